The molecular formula is C26H38N2O6. The van der Waals surface area contributed by atoms with E-state index in [0.717, 1.165) is 36.0 Å². The largest absolute Gasteiger partial charge is 0.481 e. The van der Waals surface area contributed by atoms with E-state index >= 15 is 0 Å². The molecular weight excluding hydrogens is 436 g/mol. The van der Waals surface area contributed by atoms with Crippen molar-refractivity contribution in [1.82, 2.24) is 10.8 Å². The van der Waals surface area contributed by atoms with Crippen molar-refractivity contribution in [2.45, 2.75) is 90.6 Å². The van der Waals surface area contributed by atoms with Gasteiger partial charge in [0.05, 0.1) is 12.0 Å². The fraction of sp³-hybridized carbons (Fsp3) is 0.615. The number of benzene rings is 1. The van der Waals surface area contributed by atoms with Gasteiger partial charge in [-0.15, -0.1) is 0 Å². The molecule has 1 aliphatic heterocycles. The summed E-state index contributed by atoms with van der Waals surface area (Å²) >= 11 is 0. The summed E-state index contributed by atoms with van der Waals surface area (Å²) in [4.78, 5) is 47.5. The molecule has 1 aromatic carbocycles. The van der Waals surface area contributed by atoms with Gasteiger partial charge >= 0.3 is 5.97 Å². The Labute approximate surface area is 201 Å². The molecule has 0 aromatic heterocycles. The summed E-state index contributed by atoms with van der Waals surface area (Å²) in [6, 6.07) is 5.56. The minimum Gasteiger partial charge on any atom is -0.481 e. The summed E-state index contributed by atoms with van der Waals surface area (Å²) in [5, 5.41) is 21.1. The van der Waals surface area contributed by atoms with Crippen LogP contribution in [0.4, 0.5) is 0 Å². The molecule has 0 fully saturated rings. The third-order valence-corrected chi connectivity index (χ3v) is 6.31. The van der Waals surface area contributed by atoms with E-state index in [4.69, 9.17) is 5.21 Å². The zero-order chi connectivity index (χ0) is 25.1. The van der Waals surface area contributed by atoms with E-state index in [9.17, 15) is 24.3 Å². The van der Waals surface area contributed by atoms with E-state index in [0.29, 0.717) is 38.6 Å². The molecule has 2 rings (SSSR count). The van der Waals surface area contributed by atoms with Crippen LogP contribution in [0.3, 0.4) is 0 Å². The van der Waals surface area contributed by atoms with Gasteiger partial charge in [-0.05, 0) is 48.3 Å². The Morgan fingerprint density at radius 2 is 1.76 bits per heavy atom. The van der Waals surface area contributed by atoms with Crippen LogP contribution in [0, 0.1) is 11.8 Å². The summed E-state index contributed by atoms with van der Waals surface area (Å²) in [7, 11) is 0. The maximum Gasteiger partial charge on any atom is 0.306 e. The Kier molecular flexibility index (Phi) is 11.4. The number of hydrogen-bond donors (Lipinski definition) is 4. The molecule has 8 heteroatoms. The number of nitrogens with one attached hydrogen (secondary N) is 2. The highest BCUT2D eigenvalue weighted by atomic mass is 16.5. The second-order valence-corrected chi connectivity index (χ2v) is 9.74. The monoisotopic (exact) mass is 474 g/mol. The quantitative estimate of drug-likeness (QED) is 0.174. The number of carboxylic acid groups (broad SMARTS) is 1. The number of amides is 1. The Morgan fingerprint density at radius 3 is 2.41 bits per heavy atom. The summed E-state index contributed by atoms with van der Waals surface area (Å²) in [6.07, 6.45) is 5.41. The van der Waals surface area contributed by atoms with Crippen LogP contribution in [0.25, 0.3) is 0 Å². The maximum atomic E-state index is 12.7. The number of aliphatic carboxylic acids is 1. The Balaban J connectivity index is 1.80. The number of hydrogen-bond acceptors (Lipinski definition) is 6. The molecule has 4 N–H and O–H groups in total. The molecule has 2 atom stereocenters. The predicted octanol–water partition coefficient (Wildman–Crippen LogP) is 3.36. The zero-order valence-electron chi connectivity index (χ0n) is 20.3. The Morgan fingerprint density at radius 1 is 1.06 bits per heavy atom. The molecule has 1 amide bonds. The minimum atomic E-state index is -0.915. The molecule has 8 nitrogen and oxygen atoms in total. The number of carbonyl (C=O) groups excluding carboxylic acids is 3. The molecule has 0 radical (unpaired) electrons. The first-order valence-electron chi connectivity index (χ1n) is 12.2. The SMILES string of the molecule is CC(C)C[C@H](CC(=O)[C@@H]1Cc2ccc(CC(=O)CCCCCCC(=O)NO)cc2CN1)C(=O)O. The number of fused-ring (bicyclic) bond motifs is 1. The lowest BCUT2D eigenvalue weighted by Gasteiger charge is -2.27. The summed E-state index contributed by atoms with van der Waals surface area (Å²) < 4.78 is 0. The first-order chi connectivity index (χ1) is 16.2. The third kappa shape index (κ3) is 9.35. The highest BCUT2D eigenvalue weighted by molar-refractivity contribution is 5.88. The van der Waals surface area contributed by atoms with E-state index in [1.54, 1.807) is 5.48 Å². The molecule has 0 saturated heterocycles. The summed E-state index contributed by atoms with van der Waals surface area (Å²) in [6.45, 7) is 4.44. The number of carboxylic acids is 1. The van der Waals surface area contributed by atoms with Crippen LogP contribution in [0.1, 0.15) is 81.9 Å². The van der Waals surface area contributed by atoms with Crippen LogP contribution in [0.15, 0.2) is 18.2 Å². The van der Waals surface area contributed by atoms with Crippen molar-refractivity contribution >= 4 is 23.4 Å². The van der Waals surface area contributed by atoms with E-state index in [-0.39, 0.29) is 42.3 Å². The van der Waals surface area contributed by atoms with Gasteiger partial charge in [0.25, 0.3) is 0 Å². The van der Waals surface area contributed by atoms with E-state index in [2.05, 4.69) is 5.32 Å². The van der Waals surface area contributed by atoms with Crippen molar-refractivity contribution in [3.63, 3.8) is 0 Å². The van der Waals surface area contributed by atoms with E-state index in [1.165, 1.54) is 0 Å². The number of hydroxylamine groups is 1. The van der Waals surface area contributed by atoms with Crippen LogP contribution in [0.5, 0.6) is 0 Å². The van der Waals surface area contributed by atoms with Gasteiger partial charge in [-0.1, -0.05) is 44.9 Å². The maximum absolute atomic E-state index is 12.7. The third-order valence-electron chi connectivity index (χ3n) is 6.31. The van der Waals surface area contributed by atoms with Gasteiger partial charge in [-0.3, -0.25) is 24.4 Å². The minimum absolute atomic E-state index is 0.0434. The molecule has 0 saturated carbocycles. The number of unbranched alkanes of at least 4 members (excludes halogenated alkanes) is 3. The smallest absolute Gasteiger partial charge is 0.306 e. The molecule has 0 aliphatic carbocycles. The average molecular weight is 475 g/mol. The molecule has 0 bridgehead atoms. The second-order valence-electron chi connectivity index (χ2n) is 9.74. The number of Topliss-reactive ketones (excluding diaryl/α,β-unsaturated/α-hetero) is 2. The summed E-state index contributed by atoms with van der Waals surface area (Å²) in [5.74, 6) is -1.62. The molecule has 1 aromatic rings. The summed E-state index contributed by atoms with van der Waals surface area (Å²) in [5.41, 5.74) is 4.71. The van der Waals surface area contributed by atoms with E-state index < -0.39 is 11.9 Å². The van der Waals surface area contributed by atoms with E-state index in [1.807, 2.05) is 32.0 Å². The van der Waals surface area contributed by atoms with Gasteiger partial charge in [0.2, 0.25) is 5.91 Å². The normalized spacial score (nSPS) is 16.1. The van der Waals surface area contributed by atoms with Crippen LogP contribution >= 0.6 is 0 Å². The lowest BCUT2D eigenvalue weighted by molar-refractivity contribution is -0.144. The topological polar surface area (TPSA) is 133 Å². The molecule has 1 heterocycles. The van der Waals surface area contributed by atoms with Crippen LogP contribution in [-0.4, -0.2) is 39.8 Å². The Bertz CT molecular complexity index is 867. The molecule has 188 valence electrons. The van der Waals surface area contributed by atoms with Gasteiger partial charge in [0.15, 0.2) is 5.78 Å². The lowest BCUT2D eigenvalue weighted by Crippen LogP contribution is -2.43. The highest BCUT2D eigenvalue weighted by Crippen LogP contribution is 2.23. The first kappa shape index (κ1) is 27.7. The predicted molar refractivity (Wildman–Crippen MR) is 127 cm³/mol. The Hall–Kier alpha value is -2.58. The second kappa shape index (κ2) is 14.0. The van der Waals surface area contributed by atoms with Crippen molar-refractivity contribution in [2.75, 3.05) is 0 Å². The zero-order valence-corrected chi connectivity index (χ0v) is 20.3. The van der Waals surface area contributed by atoms with Crippen molar-refractivity contribution in [1.29, 1.82) is 0 Å². The lowest BCUT2D eigenvalue weighted by atomic mass is 9.86. The number of ketones is 2. The standard InChI is InChI=1S/C26H38N2O6/c1-17(2)11-20(26(32)33)15-24(30)23-14-19-10-9-18(12-21(19)16-27-23)13-22(29)7-5-3-4-6-8-25(31)28-34/h9-10,12,17,20,23,27,34H,3-8,11,13-16H2,1-2H3,(H,28,31)(H,32,33)/t20-,23+/m1/s1. The highest BCUT2D eigenvalue weighted by Gasteiger charge is 2.29. The van der Waals surface area contributed by atoms with Crippen molar-refractivity contribution < 1.29 is 29.5 Å². The van der Waals surface area contributed by atoms with Crippen LogP contribution < -0.4 is 10.8 Å². The first-order valence-corrected chi connectivity index (χ1v) is 12.2. The molecule has 1 aliphatic rings. The molecule has 34 heavy (non-hydrogen) atoms. The van der Waals surface area contributed by atoms with Crippen LogP contribution in [0.2, 0.25) is 0 Å². The van der Waals surface area contributed by atoms with Crippen LogP contribution in [-0.2, 0) is 38.6 Å². The fourth-order valence-electron chi connectivity index (χ4n) is 4.46. The molecule has 0 unspecified atom stereocenters. The van der Waals surface area contributed by atoms with Gasteiger partial charge in [-0.25, -0.2) is 5.48 Å². The van der Waals surface area contributed by atoms with Crippen molar-refractivity contribution in [3.05, 3.63) is 34.9 Å². The van der Waals surface area contributed by atoms with Gasteiger partial charge < -0.3 is 10.4 Å². The fourth-order valence-corrected chi connectivity index (χ4v) is 4.46. The molecule has 0 spiro atoms. The average Bonchev–Trinajstić information content (AvgIpc) is 2.79. The van der Waals surface area contributed by atoms with Gasteiger partial charge in [-0.2, -0.15) is 0 Å². The van der Waals surface area contributed by atoms with Crippen molar-refractivity contribution in [2.24, 2.45) is 11.8 Å². The van der Waals surface area contributed by atoms with Gasteiger partial charge in [0, 0.05) is 32.2 Å². The van der Waals surface area contributed by atoms with Gasteiger partial charge in [0.1, 0.15) is 5.78 Å². The number of rotatable bonds is 15. The number of carbonyl (C=O) groups is 4. The van der Waals surface area contributed by atoms with Crippen molar-refractivity contribution in [3.8, 4) is 0 Å².